The monoisotopic (exact) mass is 517 g/mol. The van der Waals surface area contributed by atoms with Crippen LogP contribution in [-0.2, 0) is 21.2 Å². The number of hydrogen-bond donors (Lipinski definition) is 1. The van der Waals surface area contributed by atoms with Gasteiger partial charge in [-0.1, -0.05) is 60.7 Å². The second kappa shape index (κ2) is 10.7. The highest BCUT2D eigenvalue weighted by Gasteiger charge is 2.23. The first-order chi connectivity index (χ1) is 17.6. The molecule has 0 bridgehead atoms. The molecule has 0 spiro atoms. The van der Waals surface area contributed by atoms with Gasteiger partial charge in [-0.3, -0.25) is 0 Å². The van der Waals surface area contributed by atoms with Gasteiger partial charge >= 0.3 is 5.97 Å². The SMILES string of the molecule is COc1ccc(-c2ccc(S(=O)(=O)NCCc3ccc4ccccc4c3C(=O)OC(C)(C)C)cc2)cc1. The Morgan fingerprint density at radius 2 is 1.46 bits per heavy atom. The molecule has 0 aliphatic heterocycles. The summed E-state index contributed by atoms with van der Waals surface area (Å²) in [6.45, 7) is 5.61. The van der Waals surface area contributed by atoms with Crippen LogP contribution >= 0.6 is 0 Å². The Kier molecular flexibility index (Phi) is 7.66. The van der Waals surface area contributed by atoms with Gasteiger partial charge in [0.15, 0.2) is 0 Å². The van der Waals surface area contributed by atoms with E-state index >= 15 is 0 Å². The number of carbonyl (C=O) groups is 1. The van der Waals surface area contributed by atoms with E-state index < -0.39 is 21.6 Å². The molecule has 192 valence electrons. The Labute approximate surface area is 218 Å². The summed E-state index contributed by atoms with van der Waals surface area (Å²) in [4.78, 5) is 13.3. The lowest BCUT2D eigenvalue weighted by Gasteiger charge is -2.21. The van der Waals surface area contributed by atoms with Crippen molar-refractivity contribution in [2.75, 3.05) is 13.7 Å². The van der Waals surface area contributed by atoms with Crippen molar-refractivity contribution in [3.05, 3.63) is 96.1 Å². The number of hydrogen-bond acceptors (Lipinski definition) is 5. The second-order valence-corrected chi connectivity index (χ2v) is 11.5. The fraction of sp³-hybridized carbons (Fsp3) is 0.233. The van der Waals surface area contributed by atoms with Crippen molar-refractivity contribution in [2.45, 2.75) is 37.7 Å². The van der Waals surface area contributed by atoms with Crippen LogP contribution in [-0.4, -0.2) is 33.6 Å². The van der Waals surface area contributed by atoms with Crippen LogP contribution in [0.1, 0.15) is 36.7 Å². The topological polar surface area (TPSA) is 81.7 Å². The number of esters is 1. The number of rotatable bonds is 8. The number of methoxy groups -OCH3 is 1. The molecule has 0 heterocycles. The van der Waals surface area contributed by atoms with Gasteiger partial charge in [-0.05, 0) is 78.9 Å². The van der Waals surface area contributed by atoms with E-state index in [0.717, 1.165) is 33.2 Å². The quantitative estimate of drug-likeness (QED) is 0.290. The molecule has 6 nitrogen and oxygen atoms in total. The fourth-order valence-electron chi connectivity index (χ4n) is 4.11. The maximum Gasteiger partial charge on any atom is 0.339 e. The predicted octanol–water partition coefficient (Wildman–Crippen LogP) is 5.99. The zero-order chi connectivity index (χ0) is 26.6. The normalized spacial score (nSPS) is 11.9. The molecule has 7 heteroatoms. The predicted molar refractivity (Wildman–Crippen MR) is 146 cm³/mol. The minimum Gasteiger partial charge on any atom is -0.497 e. The van der Waals surface area contributed by atoms with Gasteiger partial charge in [-0.15, -0.1) is 0 Å². The van der Waals surface area contributed by atoms with E-state index in [0.29, 0.717) is 12.0 Å². The van der Waals surface area contributed by atoms with Crippen molar-refractivity contribution in [1.29, 1.82) is 0 Å². The smallest absolute Gasteiger partial charge is 0.339 e. The molecule has 0 aromatic heterocycles. The van der Waals surface area contributed by atoms with E-state index in [1.165, 1.54) is 0 Å². The van der Waals surface area contributed by atoms with Gasteiger partial charge < -0.3 is 9.47 Å². The maximum atomic E-state index is 13.1. The van der Waals surface area contributed by atoms with Crippen LogP contribution in [0.25, 0.3) is 21.9 Å². The third-order valence-electron chi connectivity index (χ3n) is 5.89. The van der Waals surface area contributed by atoms with Gasteiger partial charge in [0.25, 0.3) is 0 Å². The lowest BCUT2D eigenvalue weighted by Crippen LogP contribution is -2.27. The molecular weight excluding hydrogens is 486 g/mol. The molecular formula is C30H31NO5S. The summed E-state index contributed by atoms with van der Waals surface area (Å²) in [6.07, 6.45) is 0.336. The van der Waals surface area contributed by atoms with Crippen molar-refractivity contribution in [2.24, 2.45) is 0 Å². The standard InChI is InChI=1S/C30H31NO5S/c1-30(2,3)36-29(32)28-24(10-9-23-7-5-6-8-27(23)28)19-20-31-37(33,34)26-17-13-22(14-18-26)21-11-15-25(35-4)16-12-21/h5-18,31H,19-20H2,1-4H3. The summed E-state index contributed by atoms with van der Waals surface area (Å²) in [5.41, 5.74) is 2.41. The highest BCUT2D eigenvalue weighted by molar-refractivity contribution is 7.89. The first kappa shape index (κ1) is 26.4. The average Bonchev–Trinajstić information content (AvgIpc) is 2.87. The summed E-state index contributed by atoms with van der Waals surface area (Å²) < 4.78 is 39.4. The molecule has 0 aliphatic carbocycles. The molecule has 0 unspecified atom stereocenters. The summed E-state index contributed by atoms with van der Waals surface area (Å²) >= 11 is 0. The zero-order valence-electron chi connectivity index (χ0n) is 21.4. The minimum absolute atomic E-state index is 0.136. The van der Waals surface area contributed by atoms with Crippen molar-refractivity contribution in [3.63, 3.8) is 0 Å². The largest absolute Gasteiger partial charge is 0.497 e. The molecule has 4 aromatic carbocycles. The number of sulfonamides is 1. The average molecular weight is 518 g/mol. The molecule has 0 saturated heterocycles. The molecule has 0 fully saturated rings. The Bertz CT molecular complexity index is 1500. The van der Waals surface area contributed by atoms with Crippen LogP contribution in [0, 0.1) is 0 Å². The molecule has 0 amide bonds. The number of nitrogens with one attached hydrogen (secondary N) is 1. The molecule has 37 heavy (non-hydrogen) atoms. The van der Waals surface area contributed by atoms with Crippen LogP contribution in [0.15, 0.2) is 89.8 Å². The van der Waals surface area contributed by atoms with E-state index in [1.807, 2.05) is 81.4 Å². The molecule has 1 N–H and O–H groups in total. The Balaban J connectivity index is 1.50. The lowest BCUT2D eigenvalue weighted by molar-refractivity contribution is 0.00707. The number of fused-ring (bicyclic) bond motifs is 1. The van der Waals surface area contributed by atoms with Crippen molar-refractivity contribution in [1.82, 2.24) is 4.72 Å². The van der Waals surface area contributed by atoms with Gasteiger partial charge in [-0.25, -0.2) is 17.9 Å². The maximum absolute atomic E-state index is 13.1. The number of ether oxygens (including phenoxy) is 2. The number of carbonyl (C=O) groups excluding carboxylic acids is 1. The van der Waals surface area contributed by atoms with Crippen molar-refractivity contribution >= 4 is 26.8 Å². The van der Waals surface area contributed by atoms with Gasteiger partial charge in [0, 0.05) is 6.54 Å². The van der Waals surface area contributed by atoms with Crippen molar-refractivity contribution < 1.29 is 22.7 Å². The van der Waals surface area contributed by atoms with E-state index in [-0.39, 0.29) is 11.4 Å². The van der Waals surface area contributed by atoms with E-state index in [1.54, 1.807) is 31.4 Å². The third-order valence-corrected chi connectivity index (χ3v) is 7.37. The lowest BCUT2D eigenvalue weighted by atomic mass is 9.97. The van der Waals surface area contributed by atoms with Crippen LogP contribution in [0.5, 0.6) is 5.75 Å². The van der Waals surface area contributed by atoms with Crippen molar-refractivity contribution in [3.8, 4) is 16.9 Å². The first-order valence-corrected chi connectivity index (χ1v) is 13.5. The van der Waals surface area contributed by atoms with Crippen LogP contribution < -0.4 is 9.46 Å². The zero-order valence-corrected chi connectivity index (χ0v) is 22.3. The molecule has 0 saturated carbocycles. The second-order valence-electron chi connectivity index (χ2n) is 9.72. The Morgan fingerprint density at radius 1 is 0.838 bits per heavy atom. The van der Waals surface area contributed by atoms with E-state index in [2.05, 4.69) is 4.72 Å². The van der Waals surface area contributed by atoms with Gasteiger partial charge in [0.2, 0.25) is 10.0 Å². The van der Waals surface area contributed by atoms with Gasteiger partial charge in [0.1, 0.15) is 11.4 Å². The first-order valence-electron chi connectivity index (χ1n) is 12.1. The highest BCUT2D eigenvalue weighted by Crippen LogP contribution is 2.26. The molecule has 4 rings (SSSR count). The summed E-state index contributed by atoms with van der Waals surface area (Å²) in [6, 6.07) is 25.7. The van der Waals surface area contributed by atoms with Gasteiger partial charge in [-0.2, -0.15) is 0 Å². The fourth-order valence-corrected chi connectivity index (χ4v) is 5.14. The molecule has 0 aliphatic rings. The summed E-state index contributed by atoms with van der Waals surface area (Å²) in [5, 5.41) is 1.70. The van der Waals surface area contributed by atoms with Crippen LogP contribution in [0.2, 0.25) is 0 Å². The van der Waals surface area contributed by atoms with E-state index in [9.17, 15) is 13.2 Å². The summed E-state index contributed by atoms with van der Waals surface area (Å²) in [5.74, 6) is 0.338. The van der Waals surface area contributed by atoms with Gasteiger partial charge in [0.05, 0.1) is 17.6 Å². The molecule has 4 aromatic rings. The number of benzene rings is 4. The Hall–Kier alpha value is -3.68. The molecule has 0 atom stereocenters. The van der Waals surface area contributed by atoms with Crippen LogP contribution in [0.3, 0.4) is 0 Å². The third kappa shape index (κ3) is 6.37. The Morgan fingerprint density at radius 3 is 2.08 bits per heavy atom. The summed E-state index contributed by atoms with van der Waals surface area (Å²) in [7, 11) is -2.12. The van der Waals surface area contributed by atoms with Crippen LogP contribution in [0.4, 0.5) is 0 Å². The van der Waals surface area contributed by atoms with E-state index in [4.69, 9.17) is 9.47 Å². The minimum atomic E-state index is -3.73. The molecule has 0 radical (unpaired) electrons. The highest BCUT2D eigenvalue weighted by atomic mass is 32.2.